The summed E-state index contributed by atoms with van der Waals surface area (Å²) >= 11 is 0. The van der Waals surface area contributed by atoms with E-state index in [1.165, 1.54) is 12.5 Å². The van der Waals surface area contributed by atoms with Gasteiger partial charge in [0.05, 0.1) is 5.71 Å². The van der Waals surface area contributed by atoms with Crippen LogP contribution < -0.4 is 0 Å². The van der Waals surface area contributed by atoms with Crippen LogP contribution in [0.5, 0.6) is 0 Å². The summed E-state index contributed by atoms with van der Waals surface area (Å²) in [4.78, 5) is 28.7. The molecule has 180 valence electrons. The Kier molecular flexibility index (Phi) is 7.03. The van der Waals surface area contributed by atoms with E-state index in [1.807, 2.05) is 0 Å². The molecular weight excluding hydrogens is 414 g/mol. The Hall–Kier alpha value is -2.09. The smallest absolute Gasteiger partial charge is 0.331 e. The molecule has 3 saturated carbocycles. The van der Waals surface area contributed by atoms with Gasteiger partial charge in [-0.2, -0.15) is 0 Å². The Morgan fingerprint density at radius 3 is 2.70 bits per heavy atom. The van der Waals surface area contributed by atoms with Crippen molar-refractivity contribution in [2.24, 2.45) is 34.2 Å². The fourth-order valence-electron chi connectivity index (χ4n) is 7.59. The topological polar surface area (TPSA) is 65.0 Å². The normalized spacial score (nSPS) is 38.4. The zero-order valence-corrected chi connectivity index (χ0v) is 20.5. The molecular formula is C28H39NO4. The fraction of sp³-hybridized carbons (Fsp3) is 0.750. The number of hydrogen-bond donors (Lipinski definition) is 0. The monoisotopic (exact) mass is 453 g/mol. The van der Waals surface area contributed by atoms with E-state index < -0.39 is 5.60 Å². The third-order valence-electron chi connectivity index (χ3n) is 9.23. The molecule has 33 heavy (non-hydrogen) atoms. The van der Waals surface area contributed by atoms with E-state index in [-0.39, 0.29) is 17.4 Å². The number of esters is 1. The van der Waals surface area contributed by atoms with Crippen LogP contribution in [0.1, 0.15) is 97.8 Å². The van der Waals surface area contributed by atoms with Crippen molar-refractivity contribution in [3.05, 3.63) is 11.6 Å². The largest absolute Gasteiger partial charge is 0.445 e. The van der Waals surface area contributed by atoms with Gasteiger partial charge in [0.15, 0.2) is 5.60 Å². The van der Waals surface area contributed by atoms with Gasteiger partial charge in [-0.1, -0.05) is 43.3 Å². The minimum absolute atomic E-state index is 0.119. The van der Waals surface area contributed by atoms with E-state index in [2.05, 4.69) is 31.0 Å². The summed E-state index contributed by atoms with van der Waals surface area (Å²) < 4.78 is 6.17. The summed E-state index contributed by atoms with van der Waals surface area (Å²) in [5.74, 6) is 4.90. The second-order valence-electron chi connectivity index (χ2n) is 10.9. The predicted octanol–water partition coefficient (Wildman–Crippen LogP) is 5.97. The molecule has 5 nitrogen and oxygen atoms in total. The molecule has 3 fully saturated rings. The fourth-order valence-corrected chi connectivity index (χ4v) is 7.59. The lowest BCUT2D eigenvalue weighted by atomic mass is 9.50. The van der Waals surface area contributed by atoms with Crippen LogP contribution in [0.2, 0.25) is 0 Å². The second kappa shape index (κ2) is 9.65. The maximum atomic E-state index is 12.7. The number of carbonyl (C=O) groups excluding carboxylic acids is 2. The van der Waals surface area contributed by atoms with E-state index >= 15 is 0 Å². The third kappa shape index (κ3) is 4.38. The minimum Gasteiger partial charge on any atom is -0.445 e. The molecule has 0 spiro atoms. The number of hydrogen-bond acceptors (Lipinski definition) is 5. The van der Waals surface area contributed by atoms with Crippen molar-refractivity contribution >= 4 is 17.7 Å². The molecule has 0 aromatic rings. The minimum atomic E-state index is -0.752. The van der Waals surface area contributed by atoms with Gasteiger partial charge in [0.1, 0.15) is 0 Å². The second-order valence-corrected chi connectivity index (χ2v) is 10.9. The standard InChI is InChI=1S/C28H39NO4/c1-5-7-8-9-26(31)32-28(6-2)17-15-25-24-12-10-20-18-21(29-33-19(3)30)11-13-22(20)23(24)14-16-27(25,28)4/h2,18,22-25H,5,7-17H2,1,3-4H3/b29-21+/t22-,23+,24+,25-,27-,28-/m0/s1. The number of ether oxygens (including phenoxy) is 1. The number of unbranched alkanes of at least 4 members (excludes halogenated alkanes) is 2. The Morgan fingerprint density at radius 1 is 1.15 bits per heavy atom. The molecule has 0 aromatic heterocycles. The first-order valence-electron chi connectivity index (χ1n) is 13.0. The van der Waals surface area contributed by atoms with Gasteiger partial charge in [0, 0.05) is 18.8 Å². The number of nitrogens with zero attached hydrogens (tertiary/aromatic N) is 1. The average molecular weight is 454 g/mol. The van der Waals surface area contributed by atoms with Crippen molar-refractivity contribution in [2.45, 2.75) is 103 Å². The Balaban J connectivity index is 1.49. The van der Waals surface area contributed by atoms with Crippen LogP contribution in [0.4, 0.5) is 0 Å². The first kappa shape index (κ1) is 24.0. The molecule has 0 N–H and O–H groups in total. The van der Waals surface area contributed by atoms with Crippen molar-refractivity contribution in [3.8, 4) is 12.3 Å². The average Bonchev–Trinajstić information content (AvgIpc) is 3.09. The molecule has 0 saturated heterocycles. The van der Waals surface area contributed by atoms with E-state index in [0.29, 0.717) is 30.1 Å². The van der Waals surface area contributed by atoms with Crippen molar-refractivity contribution < 1.29 is 19.2 Å². The SMILES string of the molecule is C#C[C@]1(OC(=O)CCCCC)CC[C@H]2[C@@H]3CCC4=C/C(=N/OC(C)=O)CC[C@@H]4[C@H]3CC[C@@]21C. The maximum Gasteiger partial charge on any atom is 0.331 e. The van der Waals surface area contributed by atoms with Gasteiger partial charge in [-0.05, 0) is 87.5 Å². The molecule has 0 radical (unpaired) electrons. The molecule has 0 bridgehead atoms. The van der Waals surface area contributed by atoms with Gasteiger partial charge in [-0.15, -0.1) is 6.42 Å². The van der Waals surface area contributed by atoms with Gasteiger partial charge in [0.2, 0.25) is 0 Å². The highest BCUT2D eigenvalue weighted by molar-refractivity contribution is 5.96. The zero-order valence-electron chi connectivity index (χ0n) is 20.5. The number of allylic oxidation sites excluding steroid dienone is 2. The molecule has 4 aliphatic carbocycles. The molecule has 0 aliphatic heterocycles. The Morgan fingerprint density at radius 2 is 1.97 bits per heavy atom. The molecule has 6 atom stereocenters. The highest BCUT2D eigenvalue weighted by Crippen LogP contribution is 2.65. The quantitative estimate of drug-likeness (QED) is 0.163. The molecule has 0 aromatic carbocycles. The van der Waals surface area contributed by atoms with Gasteiger partial charge >= 0.3 is 11.9 Å². The first-order valence-corrected chi connectivity index (χ1v) is 13.0. The summed E-state index contributed by atoms with van der Waals surface area (Å²) in [5, 5.41) is 4.05. The Bertz CT molecular complexity index is 883. The van der Waals surface area contributed by atoms with Crippen molar-refractivity contribution in [3.63, 3.8) is 0 Å². The summed E-state index contributed by atoms with van der Waals surface area (Å²) in [6.45, 7) is 5.82. The van der Waals surface area contributed by atoms with E-state index in [0.717, 1.165) is 76.3 Å². The highest BCUT2D eigenvalue weighted by Gasteiger charge is 2.64. The highest BCUT2D eigenvalue weighted by atomic mass is 16.7. The molecule has 0 unspecified atom stereocenters. The van der Waals surface area contributed by atoms with Crippen molar-refractivity contribution in [1.29, 1.82) is 0 Å². The predicted molar refractivity (Wildman–Crippen MR) is 128 cm³/mol. The van der Waals surface area contributed by atoms with Crippen LogP contribution >= 0.6 is 0 Å². The van der Waals surface area contributed by atoms with E-state index in [9.17, 15) is 9.59 Å². The van der Waals surface area contributed by atoms with Crippen LogP contribution in [0.15, 0.2) is 16.8 Å². The molecule has 4 aliphatic rings. The Labute approximate surface area is 198 Å². The number of fused-ring (bicyclic) bond motifs is 5. The van der Waals surface area contributed by atoms with E-state index in [1.54, 1.807) is 0 Å². The first-order chi connectivity index (χ1) is 15.8. The molecule has 0 heterocycles. The lowest BCUT2D eigenvalue weighted by Gasteiger charge is -2.55. The summed E-state index contributed by atoms with van der Waals surface area (Å²) in [6.07, 6.45) is 19.9. The van der Waals surface area contributed by atoms with Gasteiger partial charge in [-0.3, -0.25) is 4.79 Å². The van der Waals surface area contributed by atoms with Gasteiger partial charge in [-0.25, -0.2) is 4.79 Å². The van der Waals surface area contributed by atoms with Crippen LogP contribution in [0, 0.1) is 41.4 Å². The number of rotatable bonds is 6. The maximum absolute atomic E-state index is 12.7. The van der Waals surface area contributed by atoms with Gasteiger partial charge < -0.3 is 9.57 Å². The van der Waals surface area contributed by atoms with Crippen LogP contribution in [0.3, 0.4) is 0 Å². The zero-order chi connectivity index (χ0) is 23.6. The summed E-state index contributed by atoms with van der Waals surface area (Å²) in [6, 6.07) is 0. The molecule has 5 heteroatoms. The van der Waals surface area contributed by atoms with Crippen LogP contribution in [0.25, 0.3) is 0 Å². The van der Waals surface area contributed by atoms with Crippen LogP contribution in [-0.2, 0) is 19.2 Å². The van der Waals surface area contributed by atoms with Gasteiger partial charge in [0.25, 0.3) is 0 Å². The summed E-state index contributed by atoms with van der Waals surface area (Å²) in [5.41, 5.74) is 1.47. The number of carbonyl (C=O) groups is 2. The lowest BCUT2D eigenvalue weighted by Crippen LogP contribution is -2.53. The third-order valence-corrected chi connectivity index (χ3v) is 9.23. The van der Waals surface area contributed by atoms with Crippen LogP contribution in [-0.4, -0.2) is 23.3 Å². The molecule has 4 rings (SSSR count). The lowest BCUT2D eigenvalue weighted by molar-refractivity contribution is -0.170. The van der Waals surface area contributed by atoms with Crippen molar-refractivity contribution in [1.82, 2.24) is 0 Å². The summed E-state index contributed by atoms with van der Waals surface area (Å²) in [7, 11) is 0. The van der Waals surface area contributed by atoms with E-state index in [4.69, 9.17) is 16.0 Å². The molecule has 0 amide bonds. The number of terminal acetylenes is 1. The van der Waals surface area contributed by atoms with Crippen molar-refractivity contribution in [2.75, 3.05) is 0 Å². The number of oxime groups is 1.